The SMILES string of the molecule is CCc1cc2c(C(=O)O)nc(CC(C)(C)C)nc2s1. The molecule has 2 rings (SSSR count). The molecule has 0 amide bonds. The Balaban J connectivity index is 2.59. The minimum Gasteiger partial charge on any atom is -0.476 e. The van der Waals surface area contributed by atoms with Crippen LogP contribution in [0.25, 0.3) is 10.2 Å². The molecule has 0 spiro atoms. The second-order valence-electron chi connectivity index (χ2n) is 5.82. The molecule has 4 nitrogen and oxygen atoms in total. The number of carbonyl (C=O) groups is 1. The Morgan fingerprint density at radius 2 is 2.05 bits per heavy atom. The van der Waals surface area contributed by atoms with Crippen LogP contribution in [0, 0.1) is 5.41 Å². The summed E-state index contributed by atoms with van der Waals surface area (Å²) in [5.41, 5.74) is 0.161. The van der Waals surface area contributed by atoms with Crippen LogP contribution >= 0.6 is 11.3 Å². The number of thiophene rings is 1. The number of fused-ring (bicyclic) bond motifs is 1. The van der Waals surface area contributed by atoms with Crippen molar-refractivity contribution in [1.29, 1.82) is 0 Å². The zero-order valence-electron chi connectivity index (χ0n) is 11.6. The first-order valence-electron chi connectivity index (χ1n) is 6.33. The molecule has 2 heterocycles. The first kappa shape index (κ1) is 13.9. The Morgan fingerprint density at radius 3 is 2.58 bits per heavy atom. The van der Waals surface area contributed by atoms with E-state index in [9.17, 15) is 9.90 Å². The van der Waals surface area contributed by atoms with Gasteiger partial charge in [-0.3, -0.25) is 0 Å². The molecule has 0 saturated carbocycles. The van der Waals surface area contributed by atoms with Gasteiger partial charge in [-0.25, -0.2) is 14.8 Å². The molecule has 5 heteroatoms. The van der Waals surface area contributed by atoms with Crippen LogP contribution in [0.1, 0.15) is 48.9 Å². The van der Waals surface area contributed by atoms with Gasteiger partial charge >= 0.3 is 5.97 Å². The highest BCUT2D eigenvalue weighted by atomic mass is 32.1. The highest BCUT2D eigenvalue weighted by Gasteiger charge is 2.19. The lowest BCUT2D eigenvalue weighted by atomic mass is 9.92. The summed E-state index contributed by atoms with van der Waals surface area (Å²) in [4.78, 5) is 22.0. The molecule has 0 fully saturated rings. The molecule has 0 aliphatic rings. The largest absolute Gasteiger partial charge is 0.476 e. The molecule has 0 saturated heterocycles. The molecule has 0 aliphatic heterocycles. The molecule has 0 bridgehead atoms. The van der Waals surface area contributed by atoms with E-state index in [1.54, 1.807) is 11.3 Å². The summed E-state index contributed by atoms with van der Waals surface area (Å²) in [5, 5.41) is 9.96. The smallest absolute Gasteiger partial charge is 0.355 e. The maximum atomic E-state index is 11.3. The van der Waals surface area contributed by atoms with E-state index >= 15 is 0 Å². The second kappa shape index (κ2) is 4.89. The Kier molecular flexibility index (Phi) is 3.58. The van der Waals surface area contributed by atoms with Crippen LogP contribution < -0.4 is 0 Å². The van der Waals surface area contributed by atoms with Gasteiger partial charge in [0.1, 0.15) is 10.7 Å². The van der Waals surface area contributed by atoms with Gasteiger partial charge in [0.2, 0.25) is 0 Å². The van der Waals surface area contributed by atoms with Crippen molar-refractivity contribution < 1.29 is 9.90 Å². The lowest BCUT2D eigenvalue weighted by Gasteiger charge is -2.16. The quantitative estimate of drug-likeness (QED) is 0.932. The lowest BCUT2D eigenvalue weighted by Crippen LogP contribution is -2.14. The van der Waals surface area contributed by atoms with E-state index in [1.165, 1.54) is 0 Å². The Hall–Kier alpha value is -1.49. The number of aryl methyl sites for hydroxylation is 1. The minimum atomic E-state index is -0.983. The molecule has 0 aromatic carbocycles. The third-order valence-electron chi connectivity index (χ3n) is 2.73. The maximum Gasteiger partial charge on any atom is 0.355 e. The average molecular weight is 278 g/mol. The topological polar surface area (TPSA) is 63.1 Å². The minimum absolute atomic E-state index is 0.0360. The highest BCUT2D eigenvalue weighted by molar-refractivity contribution is 7.18. The number of aromatic nitrogens is 2. The van der Waals surface area contributed by atoms with Gasteiger partial charge in [-0.15, -0.1) is 11.3 Å². The predicted molar refractivity (Wildman–Crippen MR) is 76.9 cm³/mol. The molecule has 0 aliphatic carbocycles. The normalized spacial score (nSPS) is 12.0. The van der Waals surface area contributed by atoms with Crippen molar-refractivity contribution in [2.75, 3.05) is 0 Å². The predicted octanol–water partition coefficient (Wildman–Crippen LogP) is 3.54. The van der Waals surface area contributed by atoms with Crippen LogP contribution in [0.2, 0.25) is 0 Å². The van der Waals surface area contributed by atoms with Crippen molar-refractivity contribution in [1.82, 2.24) is 9.97 Å². The number of aromatic carboxylic acids is 1. The van der Waals surface area contributed by atoms with Crippen molar-refractivity contribution in [3.05, 3.63) is 22.5 Å². The first-order chi connectivity index (χ1) is 8.80. The van der Waals surface area contributed by atoms with Crippen molar-refractivity contribution in [3.8, 4) is 0 Å². The van der Waals surface area contributed by atoms with Crippen LogP contribution in [0.15, 0.2) is 6.07 Å². The second-order valence-corrected chi connectivity index (χ2v) is 6.93. The van der Waals surface area contributed by atoms with E-state index in [1.807, 2.05) is 6.07 Å². The zero-order chi connectivity index (χ0) is 14.2. The lowest BCUT2D eigenvalue weighted by molar-refractivity contribution is 0.0692. The number of hydrogen-bond donors (Lipinski definition) is 1. The van der Waals surface area contributed by atoms with Crippen molar-refractivity contribution in [3.63, 3.8) is 0 Å². The Morgan fingerprint density at radius 1 is 1.37 bits per heavy atom. The fourth-order valence-electron chi connectivity index (χ4n) is 1.91. The molecule has 0 radical (unpaired) electrons. The molecular formula is C14H18N2O2S. The van der Waals surface area contributed by atoms with E-state index in [-0.39, 0.29) is 11.1 Å². The van der Waals surface area contributed by atoms with Crippen LogP contribution in [0.4, 0.5) is 0 Å². The average Bonchev–Trinajstić information content (AvgIpc) is 2.68. The van der Waals surface area contributed by atoms with Crippen LogP contribution in [-0.2, 0) is 12.8 Å². The number of carboxylic acid groups (broad SMARTS) is 1. The maximum absolute atomic E-state index is 11.3. The number of hydrogen-bond acceptors (Lipinski definition) is 4. The Bertz CT molecular complexity index is 626. The van der Waals surface area contributed by atoms with Crippen LogP contribution in [-0.4, -0.2) is 21.0 Å². The van der Waals surface area contributed by atoms with E-state index in [4.69, 9.17) is 0 Å². The van der Waals surface area contributed by atoms with Crippen LogP contribution in [0.3, 0.4) is 0 Å². The molecule has 2 aromatic heterocycles. The summed E-state index contributed by atoms with van der Waals surface area (Å²) in [6.07, 6.45) is 1.55. The van der Waals surface area contributed by atoms with Gasteiger partial charge in [-0.05, 0) is 17.9 Å². The third-order valence-corrected chi connectivity index (χ3v) is 3.90. The van der Waals surface area contributed by atoms with Gasteiger partial charge in [0.25, 0.3) is 0 Å². The summed E-state index contributed by atoms with van der Waals surface area (Å²) < 4.78 is 0. The molecule has 19 heavy (non-hydrogen) atoms. The molecule has 2 aromatic rings. The summed E-state index contributed by atoms with van der Waals surface area (Å²) in [7, 11) is 0. The van der Waals surface area contributed by atoms with Gasteiger partial charge in [0.05, 0.1) is 0 Å². The fraction of sp³-hybridized carbons (Fsp3) is 0.500. The van der Waals surface area contributed by atoms with Gasteiger partial charge < -0.3 is 5.11 Å². The standard InChI is InChI=1S/C14H18N2O2S/c1-5-8-6-9-11(13(17)18)15-10(7-14(2,3)4)16-12(9)19-8/h6H,5,7H2,1-4H3,(H,17,18). The number of nitrogens with zero attached hydrogens (tertiary/aromatic N) is 2. The summed E-state index contributed by atoms with van der Waals surface area (Å²) in [6, 6.07) is 1.89. The molecule has 0 unspecified atom stereocenters. The summed E-state index contributed by atoms with van der Waals surface area (Å²) in [5.74, 6) is -0.370. The highest BCUT2D eigenvalue weighted by Crippen LogP contribution is 2.28. The number of carboxylic acids is 1. The van der Waals surface area contributed by atoms with Crippen LogP contribution in [0.5, 0.6) is 0 Å². The van der Waals surface area contributed by atoms with Gasteiger partial charge in [0.15, 0.2) is 5.69 Å². The van der Waals surface area contributed by atoms with E-state index in [2.05, 4.69) is 37.7 Å². The summed E-state index contributed by atoms with van der Waals surface area (Å²) >= 11 is 1.55. The van der Waals surface area contributed by atoms with Crippen molar-refractivity contribution in [2.24, 2.45) is 5.41 Å². The molecule has 102 valence electrons. The fourth-order valence-corrected chi connectivity index (χ4v) is 2.89. The monoisotopic (exact) mass is 278 g/mol. The van der Waals surface area contributed by atoms with Gasteiger partial charge in [0, 0.05) is 16.7 Å². The molecule has 0 atom stereocenters. The van der Waals surface area contributed by atoms with Gasteiger partial charge in [-0.1, -0.05) is 27.7 Å². The van der Waals surface area contributed by atoms with E-state index in [0.29, 0.717) is 17.6 Å². The number of rotatable bonds is 3. The van der Waals surface area contributed by atoms with E-state index in [0.717, 1.165) is 16.1 Å². The van der Waals surface area contributed by atoms with Crippen molar-refractivity contribution in [2.45, 2.75) is 40.5 Å². The van der Waals surface area contributed by atoms with Gasteiger partial charge in [-0.2, -0.15) is 0 Å². The molecule has 1 N–H and O–H groups in total. The third kappa shape index (κ3) is 3.10. The van der Waals surface area contributed by atoms with E-state index < -0.39 is 5.97 Å². The zero-order valence-corrected chi connectivity index (χ0v) is 12.5. The molecular weight excluding hydrogens is 260 g/mol. The summed E-state index contributed by atoms with van der Waals surface area (Å²) in [6.45, 7) is 8.32. The first-order valence-corrected chi connectivity index (χ1v) is 7.14. The Labute approximate surface area is 116 Å². The van der Waals surface area contributed by atoms with Crippen molar-refractivity contribution >= 4 is 27.5 Å².